The average molecular weight is 315 g/mol. The fraction of sp³-hybridized carbons (Fsp3) is 0.174. The molecule has 0 saturated carbocycles. The van der Waals surface area contributed by atoms with E-state index in [0.717, 1.165) is 30.8 Å². The van der Waals surface area contributed by atoms with E-state index in [1.807, 2.05) is 6.07 Å². The predicted molar refractivity (Wildman–Crippen MR) is 100 cm³/mol. The molecule has 3 aromatic rings. The van der Waals surface area contributed by atoms with Gasteiger partial charge in [0.25, 0.3) is 0 Å². The molecule has 0 bridgehead atoms. The van der Waals surface area contributed by atoms with Crippen LogP contribution in [-0.4, -0.2) is 6.61 Å². The molecule has 0 amide bonds. The molecule has 0 saturated heterocycles. The third-order valence-corrected chi connectivity index (χ3v) is 4.04. The van der Waals surface area contributed by atoms with E-state index in [-0.39, 0.29) is 0 Å². The molecule has 1 nitrogen and oxygen atoms in total. The quantitative estimate of drug-likeness (QED) is 0.390. The van der Waals surface area contributed by atoms with Crippen LogP contribution in [0.25, 0.3) is 0 Å². The minimum absolute atomic E-state index is 0.754. The smallest absolute Gasteiger partial charge is 0.123 e. The zero-order valence-electron chi connectivity index (χ0n) is 14.1. The van der Waals surface area contributed by atoms with Crippen molar-refractivity contribution in [3.05, 3.63) is 108 Å². The van der Waals surface area contributed by atoms with Crippen LogP contribution in [0.1, 0.15) is 36.5 Å². The van der Waals surface area contributed by atoms with Gasteiger partial charge in [-0.15, -0.1) is 0 Å². The Labute approximate surface area is 144 Å². The Kier molecular flexibility index (Phi) is 5.68. The molecule has 0 fully saturated rings. The van der Waals surface area contributed by atoms with Gasteiger partial charge in [0.2, 0.25) is 0 Å². The molecular weight excluding hydrogens is 292 g/mol. The maximum absolute atomic E-state index is 6.08. The summed E-state index contributed by atoms with van der Waals surface area (Å²) in [6.45, 7) is 2.94. The first kappa shape index (κ1) is 16.3. The minimum Gasteiger partial charge on any atom is -0.493 e. The molecule has 1 radical (unpaired) electrons. The summed E-state index contributed by atoms with van der Waals surface area (Å²) in [5.41, 5.74) is 3.55. The van der Waals surface area contributed by atoms with Gasteiger partial charge in [-0.3, -0.25) is 0 Å². The Hall–Kier alpha value is -2.54. The van der Waals surface area contributed by atoms with Crippen molar-refractivity contribution in [3.8, 4) is 5.75 Å². The van der Waals surface area contributed by atoms with Gasteiger partial charge in [-0.2, -0.15) is 0 Å². The number of para-hydroxylation sites is 1. The van der Waals surface area contributed by atoms with E-state index in [0.29, 0.717) is 0 Å². The zero-order valence-corrected chi connectivity index (χ0v) is 14.1. The number of rotatable bonds is 7. The van der Waals surface area contributed by atoms with E-state index in [4.69, 9.17) is 4.74 Å². The van der Waals surface area contributed by atoms with Crippen molar-refractivity contribution >= 4 is 0 Å². The van der Waals surface area contributed by atoms with E-state index < -0.39 is 0 Å². The highest BCUT2D eigenvalue weighted by Gasteiger charge is 2.20. The first-order valence-corrected chi connectivity index (χ1v) is 8.60. The lowest BCUT2D eigenvalue weighted by Gasteiger charge is -2.21. The van der Waals surface area contributed by atoms with Crippen LogP contribution < -0.4 is 4.74 Å². The minimum atomic E-state index is 0.754. The highest BCUT2D eigenvalue weighted by atomic mass is 16.5. The van der Waals surface area contributed by atoms with Crippen molar-refractivity contribution < 1.29 is 4.74 Å². The Balaban J connectivity index is 2.04. The number of hydrogen-bond acceptors (Lipinski definition) is 1. The van der Waals surface area contributed by atoms with Crippen molar-refractivity contribution in [2.45, 2.75) is 19.8 Å². The summed E-state index contributed by atoms with van der Waals surface area (Å²) < 4.78 is 6.08. The summed E-state index contributed by atoms with van der Waals surface area (Å²) in [6, 6.07) is 29.4. The highest BCUT2D eigenvalue weighted by molar-refractivity contribution is 5.61. The normalized spacial score (nSPS) is 10.8. The van der Waals surface area contributed by atoms with Crippen molar-refractivity contribution in [2.75, 3.05) is 6.61 Å². The molecule has 0 unspecified atom stereocenters. The van der Waals surface area contributed by atoms with E-state index in [9.17, 15) is 0 Å². The van der Waals surface area contributed by atoms with Crippen LogP contribution in [0.3, 0.4) is 0 Å². The summed E-state index contributed by atoms with van der Waals surface area (Å²) >= 11 is 0. The Morgan fingerprint density at radius 3 is 1.83 bits per heavy atom. The molecule has 0 spiro atoms. The maximum atomic E-state index is 6.08. The molecule has 0 aliphatic rings. The molecule has 0 aliphatic heterocycles. The van der Waals surface area contributed by atoms with Crippen LogP contribution in [0.4, 0.5) is 0 Å². The first-order valence-electron chi connectivity index (χ1n) is 8.60. The van der Waals surface area contributed by atoms with Gasteiger partial charge in [0.05, 0.1) is 12.5 Å². The summed E-state index contributed by atoms with van der Waals surface area (Å²) in [5, 5.41) is 0. The largest absolute Gasteiger partial charge is 0.493 e. The highest BCUT2D eigenvalue weighted by Crippen LogP contribution is 2.36. The molecule has 3 aromatic carbocycles. The Morgan fingerprint density at radius 1 is 0.708 bits per heavy atom. The number of benzene rings is 3. The second-order valence-electron chi connectivity index (χ2n) is 5.81. The maximum Gasteiger partial charge on any atom is 0.123 e. The molecular formula is C23H23O. The van der Waals surface area contributed by atoms with Crippen LogP contribution >= 0.6 is 0 Å². The lowest BCUT2D eigenvalue weighted by atomic mass is 9.85. The van der Waals surface area contributed by atoms with E-state index in [2.05, 4.69) is 85.8 Å². The fourth-order valence-electron chi connectivity index (χ4n) is 2.81. The van der Waals surface area contributed by atoms with Gasteiger partial charge in [0.15, 0.2) is 0 Å². The van der Waals surface area contributed by atoms with Gasteiger partial charge in [-0.05, 0) is 23.6 Å². The summed E-state index contributed by atoms with van der Waals surface area (Å²) in [6.07, 6.45) is 2.20. The number of ether oxygens (including phenoxy) is 1. The van der Waals surface area contributed by atoms with Crippen molar-refractivity contribution in [1.29, 1.82) is 0 Å². The molecule has 0 N–H and O–H groups in total. The van der Waals surface area contributed by atoms with E-state index >= 15 is 0 Å². The lowest BCUT2D eigenvalue weighted by Crippen LogP contribution is -2.08. The second-order valence-corrected chi connectivity index (χ2v) is 5.81. The van der Waals surface area contributed by atoms with Crippen molar-refractivity contribution in [1.82, 2.24) is 0 Å². The molecule has 0 heterocycles. The predicted octanol–water partition coefficient (Wildman–Crippen LogP) is 5.88. The summed E-state index contributed by atoms with van der Waals surface area (Å²) in [7, 11) is 0. The van der Waals surface area contributed by atoms with Gasteiger partial charge >= 0.3 is 0 Å². The van der Waals surface area contributed by atoms with Gasteiger partial charge in [-0.1, -0.05) is 92.2 Å². The van der Waals surface area contributed by atoms with E-state index in [1.54, 1.807) is 0 Å². The van der Waals surface area contributed by atoms with Crippen LogP contribution in [-0.2, 0) is 0 Å². The monoisotopic (exact) mass is 315 g/mol. The molecule has 0 atom stereocenters. The fourth-order valence-corrected chi connectivity index (χ4v) is 2.81. The average Bonchev–Trinajstić information content (AvgIpc) is 2.65. The Bertz CT molecular complexity index is 695. The summed E-state index contributed by atoms with van der Waals surface area (Å²) in [4.78, 5) is 0. The number of unbranched alkanes of at least 4 members (excludes halogenated alkanes) is 1. The van der Waals surface area contributed by atoms with Crippen LogP contribution in [0.5, 0.6) is 5.75 Å². The zero-order chi connectivity index (χ0) is 16.6. The van der Waals surface area contributed by atoms with Gasteiger partial charge in [-0.25, -0.2) is 0 Å². The van der Waals surface area contributed by atoms with Crippen LogP contribution in [0, 0.1) is 5.92 Å². The molecule has 3 rings (SSSR count). The standard InChI is InChI=1S/C23H23O/c1-2-3-18-24-22-17-11-10-16-21(22)23(19-12-6-4-7-13-19)20-14-8-5-9-15-20/h4-17H,2-3,18H2,1H3. The summed E-state index contributed by atoms with van der Waals surface area (Å²) in [5.74, 6) is 2.16. The molecule has 24 heavy (non-hydrogen) atoms. The van der Waals surface area contributed by atoms with Gasteiger partial charge in [0.1, 0.15) is 5.75 Å². The third kappa shape index (κ3) is 3.86. The van der Waals surface area contributed by atoms with Crippen LogP contribution in [0.15, 0.2) is 84.9 Å². The molecule has 121 valence electrons. The topological polar surface area (TPSA) is 9.23 Å². The van der Waals surface area contributed by atoms with Crippen molar-refractivity contribution in [2.24, 2.45) is 0 Å². The Morgan fingerprint density at radius 2 is 1.25 bits per heavy atom. The molecule has 0 aliphatic carbocycles. The second kappa shape index (κ2) is 8.35. The molecule has 0 aromatic heterocycles. The van der Waals surface area contributed by atoms with Crippen LogP contribution in [0.2, 0.25) is 0 Å². The first-order chi connectivity index (χ1) is 11.9. The van der Waals surface area contributed by atoms with E-state index in [1.165, 1.54) is 17.0 Å². The van der Waals surface area contributed by atoms with Gasteiger partial charge in [0, 0.05) is 5.56 Å². The third-order valence-electron chi connectivity index (χ3n) is 4.04. The SMILES string of the molecule is CCCCOc1ccccc1[C](c1ccccc1)c1ccccc1. The van der Waals surface area contributed by atoms with Crippen molar-refractivity contribution in [3.63, 3.8) is 0 Å². The number of hydrogen-bond donors (Lipinski definition) is 0. The lowest BCUT2D eigenvalue weighted by molar-refractivity contribution is 0.307. The van der Waals surface area contributed by atoms with Gasteiger partial charge < -0.3 is 4.74 Å². The molecule has 1 heteroatoms.